The summed E-state index contributed by atoms with van der Waals surface area (Å²) in [7, 11) is 0. The van der Waals surface area contributed by atoms with Crippen LogP contribution in [0.1, 0.15) is 26.2 Å². The van der Waals surface area contributed by atoms with Gasteiger partial charge in [0.15, 0.2) is 0 Å². The van der Waals surface area contributed by atoms with Crippen molar-refractivity contribution in [1.29, 1.82) is 0 Å². The number of nitrogens with two attached hydrogens (primary N) is 1. The highest BCUT2D eigenvalue weighted by atomic mass is 32.2. The first-order chi connectivity index (χ1) is 10.6. The molecule has 1 aromatic carbocycles. The van der Waals surface area contributed by atoms with E-state index in [9.17, 15) is 9.59 Å². The van der Waals surface area contributed by atoms with Crippen LogP contribution < -0.4 is 11.1 Å². The number of nitrogens with one attached hydrogen (secondary N) is 1. The Kier molecular flexibility index (Phi) is 6.12. The molecule has 1 fully saturated rings. The molecule has 3 amide bonds. The van der Waals surface area contributed by atoms with Crippen LogP contribution in [0.5, 0.6) is 0 Å². The van der Waals surface area contributed by atoms with Gasteiger partial charge < -0.3 is 16.0 Å². The van der Waals surface area contributed by atoms with Gasteiger partial charge in [-0.3, -0.25) is 4.79 Å². The predicted octanol–water partition coefficient (Wildman–Crippen LogP) is 2.92. The SMILES string of the molecule is CCCSc1ccc(NC(=O)N2CCC[C@@H](C(N)=O)C2)cc1. The second kappa shape index (κ2) is 8.08. The summed E-state index contributed by atoms with van der Waals surface area (Å²) in [5.74, 6) is 0.538. The molecule has 1 atom stereocenters. The molecule has 0 spiro atoms. The Hall–Kier alpha value is -1.69. The molecule has 1 aliphatic rings. The van der Waals surface area contributed by atoms with E-state index in [-0.39, 0.29) is 17.9 Å². The number of hydrogen-bond acceptors (Lipinski definition) is 3. The Morgan fingerprint density at radius 1 is 1.36 bits per heavy atom. The van der Waals surface area contributed by atoms with Crippen LogP contribution in [0.4, 0.5) is 10.5 Å². The van der Waals surface area contributed by atoms with Crippen LogP contribution in [0.15, 0.2) is 29.2 Å². The highest BCUT2D eigenvalue weighted by Gasteiger charge is 2.26. The number of primary amides is 1. The van der Waals surface area contributed by atoms with Crippen LogP contribution >= 0.6 is 11.8 Å². The quantitative estimate of drug-likeness (QED) is 0.819. The molecule has 0 aromatic heterocycles. The van der Waals surface area contributed by atoms with E-state index in [0.29, 0.717) is 13.1 Å². The first-order valence-electron chi connectivity index (χ1n) is 7.68. The minimum atomic E-state index is -0.324. The molecule has 0 bridgehead atoms. The van der Waals surface area contributed by atoms with Gasteiger partial charge in [0.05, 0.1) is 5.92 Å². The van der Waals surface area contributed by atoms with Gasteiger partial charge in [0, 0.05) is 23.7 Å². The second-order valence-corrected chi connectivity index (χ2v) is 6.66. The van der Waals surface area contributed by atoms with Crippen molar-refractivity contribution in [3.63, 3.8) is 0 Å². The molecule has 22 heavy (non-hydrogen) atoms. The molecule has 0 aliphatic carbocycles. The molecule has 6 heteroatoms. The van der Waals surface area contributed by atoms with Crippen molar-refractivity contribution in [3.8, 4) is 0 Å². The van der Waals surface area contributed by atoms with Crippen LogP contribution in [0.2, 0.25) is 0 Å². The number of thioether (sulfide) groups is 1. The molecule has 0 radical (unpaired) electrons. The fraction of sp³-hybridized carbons (Fsp3) is 0.500. The van der Waals surface area contributed by atoms with Crippen LogP contribution in [-0.2, 0) is 4.79 Å². The van der Waals surface area contributed by atoms with Crippen molar-refractivity contribution in [2.45, 2.75) is 31.1 Å². The Morgan fingerprint density at radius 2 is 2.09 bits per heavy atom. The highest BCUT2D eigenvalue weighted by Crippen LogP contribution is 2.22. The van der Waals surface area contributed by atoms with Crippen LogP contribution in [0.3, 0.4) is 0 Å². The van der Waals surface area contributed by atoms with Crippen molar-refractivity contribution in [1.82, 2.24) is 4.90 Å². The number of carbonyl (C=O) groups is 2. The number of nitrogens with zero attached hydrogens (tertiary/aromatic N) is 1. The van der Waals surface area contributed by atoms with Crippen molar-refractivity contribution in [3.05, 3.63) is 24.3 Å². The molecule has 1 heterocycles. The van der Waals surface area contributed by atoms with E-state index in [1.807, 2.05) is 24.3 Å². The van der Waals surface area contributed by atoms with Gasteiger partial charge in [0.2, 0.25) is 5.91 Å². The Morgan fingerprint density at radius 3 is 2.73 bits per heavy atom. The van der Waals surface area contributed by atoms with E-state index in [2.05, 4.69) is 12.2 Å². The Labute approximate surface area is 135 Å². The topological polar surface area (TPSA) is 75.4 Å². The largest absolute Gasteiger partial charge is 0.369 e. The zero-order chi connectivity index (χ0) is 15.9. The summed E-state index contributed by atoms with van der Waals surface area (Å²) in [5.41, 5.74) is 6.11. The molecule has 120 valence electrons. The maximum absolute atomic E-state index is 12.3. The third kappa shape index (κ3) is 4.66. The molecule has 1 saturated heterocycles. The average molecular weight is 321 g/mol. The normalized spacial score (nSPS) is 18.0. The number of benzene rings is 1. The van der Waals surface area contributed by atoms with Crippen LogP contribution in [0, 0.1) is 5.92 Å². The summed E-state index contributed by atoms with van der Waals surface area (Å²) in [6.45, 7) is 3.23. The lowest BCUT2D eigenvalue weighted by molar-refractivity contribution is -0.123. The minimum Gasteiger partial charge on any atom is -0.369 e. The van der Waals surface area contributed by atoms with E-state index in [0.717, 1.165) is 30.7 Å². The third-order valence-corrected chi connectivity index (χ3v) is 4.91. The number of rotatable bonds is 5. The lowest BCUT2D eigenvalue weighted by Gasteiger charge is -2.31. The zero-order valence-electron chi connectivity index (χ0n) is 12.9. The summed E-state index contributed by atoms with van der Waals surface area (Å²) < 4.78 is 0. The van der Waals surface area contributed by atoms with Gasteiger partial charge >= 0.3 is 6.03 Å². The number of likely N-dealkylation sites (tertiary alicyclic amines) is 1. The van der Waals surface area contributed by atoms with Gasteiger partial charge in [-0.1, -0.05) is 6.92 Å². The predicted molar refractivity (Wildman–Crippen MR) is 90.0 cm³/mol. The van der Waals surface area contributed by atoms with Gasteiger partial charge in [0.25, 0.3) is 0 Å². The number of urea groups is 1. The number of hydrogen-bond donors (Lipinski definition) is 2. The Bertz CT molecular complexity index is 519. The average Bonchev–Trinajstić information content (AvgIpc) is 2.54. The highest BCUT2D eigenvalue weighted by molar-refractivity contribution is 7.99. The number of piperidine rings is 1. The van der Waals surface area contributed by atoms with E-state index in [1.54, 1.807) is 16.7 Å². The minimum absolute atomic E-state index is 0.167. The molecule has 5 nitrogen and oxygen atoms in total. The van der Waals surface area contributed by atoms with Gasteiger partial charge in [-0.2, -0.15) is 0 Å². The summed E-state index contributed by atoms with van der Waals surface area (Å²) in [6, 6.07) is 7.67. The molecular formula is C16H23N3O2S. The summed E-state index contributed by atoms with van der Waals surface area (Å²) in [4.78, 5) is 26.4. The molecule has 1 aromatic rings. The van der Waals surface area contributed by atoms with Crippen molar-refractivity contribution < 1.29 is 9.59 Å². The lowest BCUT2D eigenvalue weighted by Crippen LogP contribution is -2.45. The van der Waals surface area contributed by atoms with Crippen LogP contribution in [-0.4, -0.2) is 35.7 Å². The van der Waals surface area contributed by atoms with E-state index in [4.69, 9.17) is 5.73 Å². The van der Waals surface area contributed by atoms with Gasteiger partial charge in [-0.25, -0.2) is 4.79 Å². The number of amides is 3. The molecule has 1 aliphatic heterocycles. The van der Waals surface area contributed by atoms with E-state index in [1.165, 1.54) is 4.90 Å². The van der Waals surface area contributed by atoms with Crippen molar-refractivity contribution >= 4 is 29.4 Å². The first kappa shape index (κ1) is 16.7. The molecular weight excluding hydrogens is 298 g/mol. The standard InChI is InChI=1S/C16H23N3O2S/c1-2-10-22-14-7-5-13(6-8-14)18-16(21)19-9-3-4-12(11-19)15(17)20/h5-8,12H,2-4,9-11H2,1H3,(H2,17,20)(H,18,21)/t12-/m1/s1. The van der Waals surface area contributed by atoms with Gasteiger partial charge in [0.1, 0.15) is 0 Å². The first-order valence-corrected chi connectivity index (χ1v) is 8.67. The van der Waals surface area contributed by atoms with Crippen LogP contribution in [0.25, 0.3) is 0 Å². The monoisotopic (exact) mass is 321 g/mol. The molecule has 0 unspecified atom stereocenters. The maximum Gasteiger partial charge on any atom is 0.321 e. The van der Waals surface area contributed by atoms with Gasteiger partial charge in [-0.15, -0.1) is 11.8 Å². The zero-order valence-corrected chi connectivity index (χ0v) is 13.7. The second-order valence-electron chi connectivity index (χ2n) is 5.49. The number of carbonyl (C=O) groups excluding carboxylic acids is 2. The van der Waals surface area contributed by atoms with Gasteiger partial charge in [-0.05, 0) is 49.3 Å². The van der Waals surface area contributed by atoms with Crippen molar-refractivity contribution in [2.24, 2.45) is 11.7 Å². The Balaban J connectivity index is 1.89. The summed E-state index contributed by atoms with van der Waals surface area (Å²) in [5, 5.41) is 2.88. The molecule has 0 saturated carbocycles. The lowest BCUT2D eigenvalue weighted by atomic mass is 9.98. The number of anilines is 1. The fourth-order valence-corrected chi connectivity index (χ4v) is 3.22. The van der Waals surface area contributed by atoms with Crippen molar-refractivity contribution in [2.75, 3.05) is 24.2 Å². The summed E-state index contributed by atoms with van der Waals surface area (Å²) in [6.07, 6.45) is 2.72. The fourth-order valence-electron chi connectivity index (χ4n) is 2.45. The maximum atomic E-state index is 12.3. The van der Waals surface area contributed by atoms with E-state index >= 15 is 0 Å². The smallest absolute Gasteiger partial charge is 0.321 e. The molecule has 3 N–H and O–H groups in total. The summed E-state index contributed by atoms with van der Waals surface area (Å²) >= 11 is 1.81. The molecule has 2 rings (SSSR count). The third-order valence-electron chi connectivity index (χ3n) is 3.69. The van der Waals surface area contributed by atoms with E-state index < -0.39 is 0 Å².